The zero-order valence-corrected chi connectivity index (χ0v) is 24.9. The molecule has 0 N–H and O–H groups in total. The Morgan fingerprint density at radius 2 is 1.20 bits per heavy atom. The molecule has 0 saturated heterocycles. The van der Waals surface area contributed by atoms with Crippen LogP contribution in [0.5, 0.6) is 0 Å². The lowest BCUT2D eigenvalue weighted by atomic mass is 9.80. The van der Waals surface area contributed by atoms with E-state index in [0.717, 1.165) is 49.7 Å². The summed E-state index contributed by atoms with van der Waals surface area (Å²) in [5.74, 6) is 0.448. The predicted octanol–water partition coefficient (Wildman–Crippen LogP) is 7.45. The molecule has 4 aromatic rings. The number of carbonyl (C=O) groups is 2. The molecule has 41 heavy (non-hydrogen) atoms. The van der Waals surface area contributed by atoms with Crippen molar-refractivity contribution in [3.63, 3.8) is 0 Å². The Hall–Kier alpha value is -3.82. The van der Waals surface area contributed by atoms with Gasteiger partial charge >= 0.3 is 0 Å². The Labute approximate surface area is 245 Å². The van der Waals surface area contributed by atoms with Crippen LogP contribution in [0.2, 0.25) is 0 Å². The molecule has 8 rings (SSSR count). The maximum atomic E-state index is 13.1. The first-order valence-corrected chi connectivity index (χ1v) is 14.9. The molecule has 0 aliphatic heterocycles. The lowest BCUT2D eigenvalue weighted by Gasteiger charge is -2.24. The molecule has 3 nitrogen and oxygen atoms in total. The van der Waals surface area contributed by atoms with E-state index in [1.54, 1.807) is 6.92 Å². The van der Waals surface area contributed by atoms with Crippen LogP contribution in [0.3, 0.4) is 0 Å². The minimum atomic E-state index is 0.133. The summed E-state index contributed by atoms with van der Waals surface area (Å²) < 4.78 is 0. The Balaban J connectivity index is 1.33. The van der Waals surface area contributed by atoms with Gasteiger partial charge in [0.1, 0.15) is 0 Å². The third-order valence-corrected chi connectivity index (χ3v) is 8.51. The van der Waals surface area contributed by atoms with Crippen LogP contribution < -0.4 is 0 Å². The largest absolute Gasteiger partial charge is 0.302 e. The van der Waals surface area contributed by atoms with Crippen molar-refractivity contribution in [3.8, 4) is 0 Å². The van der Waals surface area contributed by atoms with Crippen molar-refractivity contribution in [1.82, 2.24) is 4.90 Å². The number of rotatable bonds is 9. The maximum absolute atomic E-state index is 13.1. The number of benzene rings is 4. The molecular weight excluding hydrogens is 502 g/mol. The van der Waals surface area contributed by atoms with E-state index >= 15 is 0 Å². The van der Waals surface area contributed by atoms with Crippen molar-refractivity contribution in [2.45, 2.75) is 58.3 Å². The normalized spacial score (nSPS) is 13.6. The third kappa shape index (κ3) is 6.92. The molecule has 0 spiro atoms. The second-order valence-corrected chi connectivity index (χ2v) is 11.9. The van der Waals surface area contributed by atoms with Gasteiger partial charge in [-0.1, -0.05) is 91.9 Å². The number of carbonyl (C=O) groups excluding carboxylic acids is 2. The third-order valence-electron chi connectivity index (χ3n) is 8.51. The van der Waals surface area contributed by atoms with Crippen LogP contribution in [0.25, 0.3) is 0 Å². The van der Waals surface area contributed by atoms with E-state index in [4.69, 9.17) is 0 Å². The fourth-order valence-electron chi connectivity index (χ4n) is 6.14. The van der Waals surface area contributed by atoms with Crippen LogP contribution in [0.1, 0.15) is 85.0 Å². The highest BCUT2D eigenvalue weighted by molar-refractivity contribution is 5.98. The number of hydrogen-bond donors (Lipinski definition) is 0. The first kappa shape index (κ1) is 28.7. The molecule has 0 heterocycles. The van der Waals surface area contributed by atoms with Crippen molar-refractivity contribution in [3.05, 3.63) is 141 Å². The second kappa shape index (κ2) is 12.8. The number of ketones is 2. The van der Waals surface area contributed by atoms with Crippen LogP contribution >= 0.6 is 0 Å². The first-order valence-electron chi connectivity index (χ1n) is 14.9. The Bertz CT molecular complexity index is 1510. The average molecular weight is 544 g/mol. The van der Waals surface area contributed by atoms with Gasteiger partial charge in [-0.2, -0.15) is 0 Å². The van der Waals surface area contributed by atoms with E-state index in [1.807, 2.05) is 31.1 Å². The van der Waals surface area contributed by atoms with Crippen LogP contribution in [0, 0.1) is 0 Å². The minimum absolute atomic E-state index is 0.133. The van der Waals surface area contributed by atoms with Gasteiger partial charge in [0.2, 0.25) is 0 Å². The van der Waals surface area contributed by atoms with Crippen LogP contribution in [0.15, 0.2) is 84.9 Å². The number of nitrogens with zero attached hydrogens (tertiary/aromatic N) is 1. The van der Waals surface area contributed by atoms with Gasteiger partial charge in [0.05, 0.1) is 6.54 Å². The molecule has 0 aromatic heterocycles. The van der Waals surface area contributed by atoms with Crippen LogP contribution in [-0.2, 0) is 38.5 Å². The summed E-state index contributed by atoms with van der Waals surface area (Å²) in [5, 5.41) is 0. The number of likely N-dealkylation sites (N-methyl/N-ethyl adjacent to an activating group) is 1. The number of aryl methyl sites for hydroxylation is 6. The Morgan fingerprint density at radius 3 is 1.73 bits per heavy atom. The van der Waals surface area contributed by atoms with Crippen LogP contribution in [-0.4, -0.2) is 37.1 Å². The summed E-state index contributed by atoms with van der Waals surface area (Å²) in [5.41, 5.74) is 11.8. The zero-order chi connectivity index (χ0) is 28.9. The summed E-state index contributed by atoms with van der Waals surface area (Å²) in [6, 6.07) is 30.5. The van der Waals surface area contributed by atoms with Gasteiger partial charge in [-0.05, 0) is 104 Å². The molecule has 1 unspecified atom stereocenters. The zero-order valence-electron chi connectivity index (χ0n) is 24.9. The number of hydrogen-bond acceptors (Lipinski definition) is 3. The molecule has 3 heteroatoms. The van der Waals surface area contributed by atoms with E-state index in [2.05, 4.69) is 79.7 Å². The Morgan fingerprint density at radius 1 is 0.683 bits per heavy atom. The summed E-state index contributed by atoms with van der Waals surface area (Å²) in [7, 11) is 3.82. The van der Waals surface area contributed by atoms with Gasteiger partial charge in [-0.3, -0.25) is 9.59 Å². The van der Waals surface area contributed by atoms with Gasteiger partial charge < -0.3 is 4.90 Å². The van der Waals surface area contributed by atoms with Gasteiger partial charge in [0.25, 0.3) is 0 Å². The predicted molar refractivity (Wildman–Crippen MR) is 168 cm³/mol. The van der Waals surface area contributed by atoms with Gasteiger partial charge in [-0.15, -0.1) is 0 Å². The molecule has 4 aliphatic rings. The van der Waals surface area contributed by atoms with Gasteiger partial charge in [0, 0.05) is 17.0 Å². The summed E-state index contributed by atoms with van der Waals surface area (Å²) in [6.45, 7) is 4.41. The van der Waals surface area contributed by atoms with Crippen molar-refractivity contribution in [2.75, 3.05) is 20.6 Å². The average Bonchev–Trinajstić information content (AvgIpc) is 2.96. The van der Waals surface area contributed by atoms with Crippen molar-refractivity contribution >= 4 is 11.6 Å². The number of Topliss-reactive ketones (excluding diaryl/α,β-unsaturated/α-hetero) is 2. The molecule has 0 radical (unpaired) electrons. The summed E-state index contributed by atoms with van der Waals surface area (Å²) in [4.78, 5) is 27.3. The van der Waals surface area contributed by atoms with Crippen molar-refractivity contribution < 1.29 is 9.59 Å². The van der Waals surface area contributed by atoms with E-state index in [0.29, 0.717) is 6.54 Å². The highest BCUT2D eigenvalue weighted by Crippen LogP contribution is 2.34. The molecular formula is C38H41NO2. The molecule has 4 aromatic carbocycles. The molecule has 0 fully saturated rings. The molecule has 4 bridgehead atoms. The Kier molecular flexibility index (Phi) is 8.95. The standard InChI is InChI=1S/C38H41NO2/c1-26(32-17-11-30(12-18-32)9-10-31-13-19-33(20-14-31)36(41)25-39(3)4)37-34-21-15-28-5-7-29(8-6-28)16-22-35(24-23-34)38(37)27(2)40/h5-8,11-14,17-20,23-24,26H,9-10,15-16,21-22,25H2,1-4H3. The van der Waals surface area contributed by atoms with E-state index < -0.39 is 0 Å². The molecule has 0 amide bonds. The van der Waals surface area contributed by atoms with E-state index in [-0.39, 0.29) is 17.5 Å². The van der Waals surface area contributed by atoms with Crippen LogP contribution in [0.4, 0.5) is 0 Å². The SMILES string of the molecule is CC(=O)c1c2ccc(c1C(C)c1ccc(CCc3ccc(C(=O)CN(C)C)cc3)cc1)CCc1ccc(cc1)CC2. The fourth-order valence-corrected chi connectivity index (χ4v) is 6.14. The first-order chi connectivity index (χ1) is 19.8. The fraction of sp³-hybridized carbons (Fsp3) is 0.316. The topological polar surface area (TPSA) is 37.4 Å². The lowest BCUT2D eigenvalue weighted by molar-refractivity contribution is 0.0956. The van der Waals surface area contributed by atoms with E-state index in [9.17, 15) is 9.59 Å². The molecule has 0 saturated carbocycles. The lowest BCUT2D eigenvalue weighted by Crippen LogP contribution is -2.21. The highest BCUT2D eigenvalue weighted by atomic mass is 16.1. The summed E-state index contributed by atoms with van der Waals surface area (Å²) >= 11 is 0. The summed E-state index contributed by atoms with van der Waals surface area (Å²) in [6.07, 6.45) is 5.59. The van der Waals surface area contributed by atoms with E-state index in [1.165, 1.54) is 44.5 Å². The van der Waals surface area contributed by atoms with Crippen molar-refractivity contribution in [1.29, 1.82) is 0 Å². The molecule has 210 valence electrons. The van der Waals surface area contributed by atoms with Crippen molar-refractivity contribution in [2.24, 2.45) is 0 Å². The quantitative estimate of drug-likeness (QED) is 0.206. The van der Waals surface area contributed by atoms with Gasteiger partial charge in [-0.25, -0.2) is 0 Å². The maximum Gasteiger partial charge on any atom is 0.176 e. The van der Waals surface area contributed by atoms with Gasteiger partial charge in [0.15, 0.2) is 11.6 Å². The molecule has 4 aliphatic carbocycles. The molecule has 1 atom stereocenters. The monoisotopic (exact) mass is 543 g/mol. The minimum Gasteiger partial charge on any atom is -0.302 e. The highest BCUT2D eigenvalue weighted by Gasteiger charge is 2.23. The smallest absolute Gasteiger partial charge is 0.176 e. The second-order valence-electron chi connectivity index (χ2n) is 11.9.